The normalized spacial score (nSPS) is 17.0. The van der Waals surface area contributed by atoms with Crippen molar-refractivity contribution in [1.82, 2.24) is 19.9 Å². The monoisotopic (exact) mass is 402 g/mol. The molecule has 2 saturated heterocycles. The summed E-state index contributed by atoms with van der Waals surface area (Å²) in [4.78, 5) is 33.4. The van der Waals surface area contributed by atoms with Crippen molar-refractivity contribution >= 4 is 28.3 Å². The molecule has 0 aliphatic carbocycles. The molecule has 1 amide bonds. The van der Waals surface area contributed by atoms with Gasteiger partial charge in [0.1, 0.15) is 23.2 Å². The molecule has 0 unspecified atom stereocenters. The van der Waals surface area contributed by atoms with Crippen molar-refractivity contribution in [2.24, 2.45) is 0 Å². The molecule has 0 atom stereocenters. The zero-order chi connectivity index (χ0) is 20.5. The molecule has 0 spiro atoms. The number of hydrogen-bond acceptors (Lipinski definition) is 6. The van der Waals surface area contributed by atoms with Gasteiger partial charge in [-0.2, -0.15) is 0 Å². The molecule has 2 aromatic heterocycles. The molecule has 7 nitrogen and oxygen atoms in total. The first-order valence-electron chi connectivity index (χ1n) is 10.7. The minimum absolute atomic E-state index is 0.00285. The summed E-state index contributed by atoms with van der Waals surface area (Å²) in [6.07, 6.45) is 4.16. The summed E-state index contributed by atoms with van der Waals surface area (Å²) in [7, 11) is 0. The highest BCUT2D eigenvalue weighted by molar-refractivity contribution is 6.05. The average molecular weight is 403 g/mol. The van der Waals surface area contributed by atoms with Gasteiger partial charge in [0.25, 0.3) is 5.91 Å². The second-order valence-electron chi connectivity index (χ2n) is 7.99. The van der Waals surface area contributed by atoms with E-state index in [1.54, 1.807) is 6.20 Å². The number of carbonyl (C=O) groups is 1. The molecule has 0 saturated carbocycles. The minimum Gasteiger partial charge on any atom is -0.356 e. The van der Waals surface area contributed by atoms with Crippen LogP contribution < -0.4 is 9.80 Å². The van der Waals surface area contributed by atoms with E-state index in [0.717, 1.165) is 54.4 Å². The molecule has 0 N–H and O–H groups in total. The fraction of sp³-hybridized carbons (Fsp3) is 0.391. The van der Waals surface area contributed by atoms with Gasteiger partial charge in [-0.05, 0) is 31.2 Å². The summed E-state index contributed by atoms with van der Waals surface area (Å²) < 4.78 is 0. The number of rotatable bonds is 3. The van der Waals surface area contributed by atoms with Crippen molar-refractivity contribution < 1.29 is 4.79 Å². The number of anilines is 2. The molecular formula is C23H26N6O. The predicted molar refractivity (Wildman–Crippen MR) is 118 cm³/mol. The van der Waals surface area contributed by atoms with Gasteiger partial charge in [-0.15, -0.1) is 0 Å². The van der Waals surface area contributed by atoms with E-state index in [-0.39, 0.29) is 5.91 Å². The van der Waals surface area contributed by atoms with Crippen LogP contribution in [-0.2, 0) is 0 Å². The average Bonchev–Trinajstić information content (AvgIpc) is 3.33. The first-order valence-corrected chi connectivity index (χ1v) is 10.7. The fourth-order valence-electron chi connectivity index (χ4n) is 4.39. The van der Waals surface area contributed by atoms with E-state index < -0.39 is 0 Å². The van der Waals surface area contributed by atoms with Crippen molar-refractivity contribution in [2.75, 3.05) is 49.1 Å². The molecule has 2 aliphatic heterocycles. The van der Waals surface area contributed by atoms with Gasteiger partial charge in [-0.3, -0.25) is 9.78 Å². The number of hydrogen-bond donors (Lipinski definition) is 0. The first-order chi connectivity index (χ1) is 14.7. The number of fused-ring (bicyclic) bond motifs is 1. The van der Waals surface area contributed by atoms with Crippen molar-refractivity contribution in [3.05, 3.63) is 54.1 Å². The largest absolute Gasteiger partial charge is 0.356 e. The Balaban J connectivity index is 1.31. The second kappa shape index (κ2) is 7.89. The summed E-state index contributed by atoms with van der Waals surface area (Å²) in [5.74, 6) is 2.78. The molecule has 154 valence electrons. The number of pyridine rings is 1. The highest BCUT2D eigenvalue weighted by Gasteiger charge is 2.26. The molecule has 2 fully saturated rings. The first kappa shape index (κ1) is 18.8. The molecular weight excluding hydrogens is 376 g/mol. The third-order valence-corrected chi connectivity index (χ3v) is 6.01. The Morgan fingerprint density at radius 3 is 2.27 bits per heavy atom. The quantitative estimate of drug-likeness (QED) is 0.671. The summed E-state index contributed by atoms with van der Waals surface area (Å²) in [6, 6.07) is 12.0. The zero-order valence-electron chi connectivity index (χ0n) is 17.3. The lowest BCUT2D eigenvalue weighted by Crippen LogP contribution is -2.49. The van der Waals surface area contributed by atoms with Crippen molar-refractivity contribution in [3.63, 3.8) is 0 Å². The maximum absolute atomic E-state index is 13.2. The summed E-state index contributed by atoms with van der Waals surface area (Å²) in [6.45, 7) is 6.91. The van der Waals surface area contributed by atoms with E-state index in [1.165, 1.54) is 12.8 Å². The molecule has 0 bridgehead atoms. The van der Waals surface area contributed by atoms with Crippen LogP contribution in [0.25, 0.3) is 10.8 Å². The highest BCUT2D eigenvalue weighted by Crippen LogP contribution is 2.24. The lowest BCUT2D eigenvalue weighted by Gasteiger charge is -2.35. The van der Waals surface area contributed by atoms with Crippen molar-refractivity contribution in [3.8, 4) is 0 Å². The van der Waals surface area contributed by atoms with Crippen molar-refractivity contribution in [1.29, 1.82) is 0 Å². The van der Waals surface area contributed by atoms with Crippen molar-refractivity contribution in [2.45, 2.75) is 19.8 Å². The van der Waals surface area contributed by atoms with Gasteiger partial charge >= 0.3 is 0 Å². The summed E-state index contributed by atoms with van der Waals surface area (Å²) in [5, 5.41) is 1.95. The van der Waals surface area contributed by atoms with Crippen LogP contribution >= 0.6 is 0 Å². The van der Waals surface area contributed by atoms with Gasteiger partial charge in [0.05, 0.1) is 0 Å². The van der Waals surface area contributed by atoms with Gasteiger partial charge in [0, 0.05) is 56.9 Å². The fourth-order valence-corrected chi connectivity index (χ4v) is 4.39. The SMILES string of the molecule is Cc1nc(N2CCCC2)cc(N2CCN(C(=O)c3nccc4ccccc34)CC2)n1. The lowest BCUT2D eigenvalue weighted by atomic mass is 10.1. The van der Waals surface area contributed by atoms with Crippen LogP contribution in [0, 0.1) is 6.92 Å². The minimum atomic E-state index is 0.00285. The van der Waals surface area contributed by atoms with Crippen LogP contribution in [-0.4, -0.2) is 65.0 Å². The Bertz CT molecular complexity index is 1060. The van der Waals surface area contributed by atoms with Crippen LogP contribution in [0.2, 0.25) is 0 Å². The van der Waals surface area contributed by atoms with E-state index >= 15 is 0 Å². The molecule has 4 heterocycles. The Hall–Kier alpha value is -3.22. The molecule has 30 heavy (non-hydrogen) atoms. The zero-order valence-corrected chi connectivity index (χ0v) is 17.3. The molecule has 5 rings (SSSR count). The van der Waals surface area contributed by atoms with Gasteiger partial charge in [-0.25, -0.2) is 9.97 Å². The predicted octanol–water partition coefficient (Wildman–Crippen LogP) is 2.90. The Morgan fingerprint density at radius 1 is 0.867 bits per heavy atom. The van der Waals surface area contributed by atoms with Gasteiger partial charge in [0.2, 0.25) is 0 Å². The highest BCUT2D eigenvalue weighted by atomic mass is 16.2. The molecule has 0 radical (unpaired) electrons. The van der Waals surface area contributed by atoms with Crippen LogP contribution in [0.4, 0.5) is 11.6 Å². The van der Waals surface area contributed by atoms with Gasteiger partial charge < -0.3 is 14.7 Å². The lowest BCUT2D eigenvalue weighted by molar-refractivity contribution is 0.0743. The van der Waals surface area contributed by atoms with Crippen LogP contribution in [0.3, 0.4) is 0 Å². The number of aryl methyl sites for hydroxylation is 1. The smallest absolute Gasteiger partial charge is 0.273 e. The topological polar surface area (TPSA) is 65.5 Å². The second-order valence-corrected chi connectivity index (χ2v) is 7.99. The Kier molecular flexibility index (Phi) is 4.94. The van der Waals surface area contributed by atoms with Crippen LogP contribution in [0.5, 0.6) is 0 Å². The van der Waals surface area contributed by atoms with Gasteiger partial charge in [-0.1, -0.05) is 24.3 Å². The number of benzene rings is 1. The number of aromatic nitrogens is 3. The number of carbonyl (C=O) groups excluding carboxylic acids is 1. The summed E-state index contributed by atoms with van der Waals surface area (Å²) in [5.41, 5.74) is 0.538. The Labute approximate surface area is 176 Å². The van der Waals surface area contributed by atoms with Crippen LogP contribution in [0.15, 0.2) is 42.6 Å². The van der Waals surface area contributed by atoms with Gasteiger partial charge in [0.15, 0.2) is 0 Å². The molecule has 7 heteroatoms. The maximum Gasteiger partial charge on any atom is 0.273 e. The van der Waals surface area contributed by atoms with E-state index in [1.807, 2.05) is 42.2 Å². The summed E-state index contributed by atoms with van der Waals surface area (Å²) >= 11 is 0. The number of amides is 1. The maximum atomic E-state index is 13.2. The molecule has 3 aromatic rings. The van der Waals surface area contributed by atoms with E-state index in [9.17, 15) is 4.79 Å². The Morgan fingerprint density at radius 2 is 1.53 bits per heavy atom. The molecule has 2 aliphatic rings. The van der Waals surface area contributed by atoms with E-state index in [4.69, 9.17) is 0 Å². The number of nitrogens with zero attached hydrogens (tertiary/aromatic N) is 6. The van der Waals surface area contributed by atoms with E-state index in [2.05, 4.69) is 30.8 Å². The van der Waals surface area contributed by atoms with Crippen LogP contribution in [0.1, 0.15) is 29.2 Å². The molecule has 1 aromatic carbocycles. The third kappa shape index (κ3) is 3.56. The standard InChI is InChI=1S/C23H26N6O/c1-17-25-20(27-10-4-5-11-27)16-21(26-17)28-12-14-29(15-13-28)23(30)22-19-7-3-2-6-18(19)8-9-24-22/h2-3,6-9,16H,4-5,10-15H2,1H3. The van der Waals surface area contributed by atoms with E-state index in [0.29, 0.717) is 18.8 Å². The number of piperazine rings is 1. The third-order valence-electron chi connectivity index (χ3n) is 6.01.